The van der Waals surface area contributed by atoms with E-state index in [0.29, 0.717) is 32.5 Å². The van der Waals surface area contributed by atoms with Gasteiger partial charge in [0, 0.05) is 19.6 Å². The van der Waals surface area contributed by atoms with Gasteiger partial charge in [0.25, 0.3) is 0 Å². The molecule has 0 aliphatic heterocycles. The smallest absolute Gasteiger partial charge is 0.315 e. The third kappa shape index (κ3) is 4.96. The lowest BCUT2D eigenvalue weighted by atomic mass is 9.96. The van der Waals surface area contributed by atoms with Gasteiger partial charge in [-0.15, -0.1) is 0 Å². The molecule has 6 nitrogen and oxygen atoms in total. The molecule has 4 N–H and O–H groups in total. The molecule has 1 saturated carbocycles. The van der Waals surface area contributed by atoms with Crippen LogP contribution >= 0.6 is 0 Å². The van der Waals surface area contributed by atoms with Crippen molar-refractivity contribution in [3.05, 3.63) is 35.9 Å². The summed E-state index contributed by atoms with van der Waals surface area (Å²) in [5.74, 6) is -0.0832. The Balaban J connectivity index is 1.88. The lowest BCUT2D eigenvalue weighted by Gasteiger charge is -2.29. The average Bonchev–Trinajstić information content (AvgIpc) is 3.04. The number of urea groups is 1. The minimum absolute atomic E-state index is 0.0832. The molecule has 0 saturated heterocycles. The van der Waals surface area contributed by atoms with Crippen molar-refractivity contribution in [2.75, 3.05) is 20.1 Å². The first-order chi connectivity index (χ1) is 11.2. The van der Waals surface area contributed by atoms with Crippen LogP contribution in [-0.4, -0.2) is 37.6 Å². The lowest BCUT2D eigenvalue weighted by Crippen LogP contribution is -2.59. The Morgan fingerprint density at radius 3 is 2.39 bits per heavy atom. The number of nitrogens with one attached hydrogen (secondary N) is 4. The predicted molar refractivity (Wildman–Crippen MR) is 89.9 cm³/mol. The molecule has 126 valence electrons. The third-order valence-corrected chi connectivity index (χ3v) is 4.20. The highest BCUT2D eigenvalue weighted by molar-refractivity contribution is 5.91. The molecule has 0 unspecified atom stereocenters. The van der Waals surface area contributed by atoms with Crippen LogP contribution in [0.5, 0.6) is 0 Å². The first kappa shape index (κ1) is 17.3. The maximum absolute atomic E-state index is 12.5. The van der Waals surface area contributed by atoms with E-state index in [4.69, 9.17) is 0 Å². The molecule has 1 aliphatic carbocycles. The van der Waals surface area contributed by atoms with Gasteiger partial charge in [0.2, 0.25) is 5.91 Å². The van der Waals surface area contributed by atoms with Crippen LogP contribution in [0.25, 0.3) is 0 Å². The molecule has 0 aromatic heterocycles. The molecule has 0 heterocycles. The quantitative estimate of drug-likeness (QED) is 0.569. The van der Waals surface area contributed by atoms with Crippen molar-refractivity contribution >= 4 is 11.9 Å². The third-order valence-electron chi connectivity index (χ3n) is 4.20. The van der Waals surface area contributed by atoms with Gasteiger partial charge in [0.1, 0.15) is 5.54 Å². The lowest BCUT2D eigenvalue weighted by molar-refractivity contribution is -0.127. The van der Waals surface area contributed by atoms with Gasteiger partial charge in [-0.25, -0.2) is 4.79 Å². The highest BCUT2D eigenvalue weighted by Crippen LogP contribution is 2.29. The normalized spacial score (nSPS) is 15.9. The zero-order valence-corrected chi connectivity index (χ0v) is 13.7. The first-order valence-electron chi connectivity index (χ1n) is 8.19. The van der Waals surface area contributed by atoms with Gasteiger partial charge in [0.15, 0.2) is 0 Å². The van der Waals surface area contributed by atoms with Gasteiger partial charge in [0.05, 0.1) is 0 Å². The number of hydrogen-bond donors (Lipinski definition) is 4. The Morgan fingerprint density at radius 1 is 1.04 bits per heavy atom. The van der Waals surface area contributed by atoms with E-state index in [1.165, 1.54) is 0 Å². The molecule has 3 amide bonds. The number of carbonyl (C=O) groups is 2. The van der Waals surface area contributed by atoms with E-state index in [0.717, 1.165) is 18.4 Å². The number of benzene rings is 1. The van der Waals surface area contributed by atoms with E-state index in [1.807, 2.05) is 37.4 Å². The summed E-state index contributed by atoms with van der Waals surface area (Å²) in [5.41, 5.74) is 0.260. The highest BCUT2D eigenvalue weighted by Gasteiger charge is 2.42. The van der Waals surface area contributed by atoms with Gasteiger partial charge in [-0.05, 0) is 25.5 Å². The average molecular weight is 318 g/mol. The Bertz CT molecular complexity index is 513. The summed E-state index contributed by atoms with van der Waals surface area (Å²) in [6.07, 6.45) is 3.30. The SMILES string of the molecule is CNCCNC(=O)C1(NC(=O)NCc2ccccc2)CCCC1. The summed E-state index contributed by atoms with van der Waals surface area (Å²) in [4.78, 5) is 24.7. The van der Waals surface area contributed by atoms with Gasteiger partial charge < -0.3 is 21.3 Å². The highest BCUT2D eigenvalue weighted by atomic mass is 16.2. The van der Waals surface area contributed by atoms with Gasteiger partial charge in [-0.1, -0.05) is 43.2 Å². The Labute approximate surface area is 137 Å². The fraction of sp³-hybridized carbons (Fsp3) is 0.529. The summed E-state index contributed by atoms with van der Waals surface area (Å²) in [6.45, 7) is 1.72. The van der Waals surface area contributed by atoms with E-state index < -0.39 is 5.54 Å². The van der Waals surface area contributed by atoms with Crippen LogP contribution < -0.4 is 21.3 Å². The van der Waals surface area contributed by atoms with E-state index in [9.17, 15) is 9.59 Å². The molecular weight excluding hydrogens is 292 g/mol. The summed E-state index contributed by atoms with van der Waals surface area (Å²) in [7, 11) is 1.84. The number of likely N-dealkylation sites (N-methyl/N-ethyl adjacent to an activating group) is 1. The minimum Gasteiger partial charge on any atom is -0.353 e. The molecule has 6 heteroatoms. The molecule has 1 aromatic rings. The molecule has 2 rings (SSSR count). The van der Waals surface area contributed by atoms with Crippen LogP contribution in [0.4, 0.5) is 4.79 Å². The number of rotatable bonds is 7. The summed E-state index contributed by atoms with van der Waals surface area (Å²) < 4.78 is 0. The van der Waals surface area contributed by atoms with Crippen LogP contribution in [0, 0.1) is 0 Å². The van der Waals surface area contributed by atoms with Crippen molar-refractivity contribution in [3.63, 3.8) is 0 Å². The van der Waals surface area contributed by atoms with Crippen molar-refractivity contribution in [2.45, 2.75) is 37.8 Å². The van der Waals surface area contributed by atoms with Crippen LogP contribution in [0.15, 0.2) is 30.3 Å². The topological polar surface area (TPSA) is 82.3 Å². The number of amides is 3. The van der Waals surface area contributed by atoms with Gasteiger partial charge in [-0.3, -0.25) is 4.79 Å². The Kier molecular flexibility index (Phi) is 6.40. The van der Waals surface area contributed by atoms with E-state index >= 15 is 0 Å². The van der Waals surface area contributed by atoms with Crippen LogP contribution in [0.2, 0.25) is 0 Å². The predicted octanol–water partition coefficient (Wildman–Crippen LogP) is 1.13. The van der Waals surface area contributed by atoms with E-state index in [-0.39, 0.29) is 11.9 Å². The standard InChI is InChI=1S/C17H26N4O2/c1-18-11-12-19-15(22)17(9-5-6-10-17)21-16(23)20-13-14-7-3-2-4-8-14/h2-4,7-8,18H,5-6,9-13H2,1H3,(H,19,22)(H2,20,21,23). The number of carbonyl (C=O) groups excluding carboxylic acids is 2. The Morgan fingerprint density at radius 2 is 1.74 bits per heavy atom. The van der Waals surface area contributed by atoms with Crippen LogP contribution in [-0.2, 0) is 11.3 Å². The van der Waals surface area contributed by atoms with Gasteiger partial charge in [-0.2, -0.15) is 0 Å². The minimum atomic E-state index is -0.769. The molecular formula is C17H26N4O2. The second-order valence-corrected chi connectivity index (χ2v) is 5.94. The first-order valence-corrected chi connectivity index (χ1v) is 8.19. The Hall–Kier alpha value is -2.08. The van der Waals surface area contributed by atoms with Crippen molar-refractivity contribution in [1.29, 1.82) is 0 Å². The molecule has 0 atom stereocenters. The van der Waals surface area contributed by atoms with Crippen LogP contribution in [0.1, 0.15) is 31.2 Å². The molecule has 0 spiro atoms. The molecule has 1 aromatic carbocycles. The monoisotopic (exact) mass is 318 g/mol. The maximum Gasteiger partial charge on any atom is 0.315 e. The fourth-order valence-corrected chi connectivity index (χ4v) is 2.90. The molecule has 1 fully saturated rings. The van der Waals surface area contributed by atoms with Crippen molar-refractivity contribution in [1.82, 2.24) is 21.3 Å². The van der Waals surface area contributed by atoms with Crippen molar-refractivity contribution in [2.24, 2.45) is 0 Å². The summed E-state index contributed by atoms with van der Waals surface area (Å²) in [6, 6.07) is 9.42. The maximum atomic E-state index is 12.5. The van der Waals surface area contributed by atoms with Crippen molar-refractivity contribution in [3.8, 4) is 0 Å². The molecule has 1 aliphatic rings. The summed E-state index contributed by atoms with van der Waals surface area (Å²) in [5, 5.41) is 11.6. The molecule has 0 radical (unpaired) electrons. The zero-order valence-electron chi connectivity index (χ0n) is 13.7. The molecule has 0 bridgehead atoms. The van der Waals surface area contributed by atoms with Crippen molar-refractivity contribution < 1.29 is 9.59 Å². The fourth-order valence-electron chi connectivity index (χ4n) is 2.90. The van der Waals surface area contributed by atoms with Crippen LogP contribution in [0.3, 0.4) is 0 Å². The second-order valence-electron chi connectivity index (χ2n) is 5.94. The van der Waals surface area contributed by atoms with E-state index in [1.54, 1.807) is 0 Å². The molecule has 23 heavy (non-hydrogen) atoms. The summed E-state index contributed by atoms with van der Waals surface area (Å²) >= 11 is 0. The number of hydrogen-bond acceptors (Lipinski definition) is 3. The van der Waals surface area contributed by atoms with E-state index in [2.05, 4.69) is 21.3 Å². The zero-order chi connectivity index (χ0) is 16.5. The second kappa shape index (κ2) is 8.53. The van der Waals surface area contributed by atoms with Gasteiger partial charge >= 0.3 is 6.03 Å². The largest absolute Gasteiger partial charge is 0.353 e.